The molecule has 2 rings (SSSR count). The first-order valence-corrected chi connectivity index (χ1v) is 7.16. The lowest BCUT2D eigenvalue weighted by Gasteiger charge is -2.01. The van der Waals surface area contributed by atoms with Crippen LogP contribution in [0.3, 0.4) is 0 Å². The SMILES string of the molecule is Cn1cc(SCc2cc(F)cc(C#CCCO)c2)cn1. The molecule has 0 aliphatic rings. The molecule has 5 heteroatoms. The molecule has 0 amide bonds. The summed E-state index contributed by atoms with van der Waals surface area (Å²) in [6.07, 6.45) is 4.11. The van der Waals surface area contributed by atoms with E-state index in [0.29, 0.717) is 17.7 Å². The van der Waals surface area contributed by atoms with Crippen molar-refractivity contribution in [2.75, 3.05) is 6.61 Å². The highest BCUT2D eigenvalue weighted by Gasteiger charge is 2.02. The number of aryl methyl sites for hydroxylation is 1. The Bertz CT molecular complexity index is 643. The second kappa shape index (κ2) is 7.13. The van der Waals surface area contributed by atoms with E-state index in [4.69, 9.17) is 5.11 Å². The summed E-state index contributed by atoms with van der Waals surface area (Å²) in [5.41, 5.74) is 1.52. The fraction of sp³-hybridized carbons (Fsp3) is 0.267. The van der Waals surface area contributed by atoms with Gasteiger partial charge >= 0.3 is 0 Å². The molecular weight excluding hydrogens is 275 g/mol. The quantitative estimate of drug-likeness (QED) is 0.695. The predicted molar refractivity (Wildman–Crippen MR) is 77.7 cm³/mol. The second-order valence-electron chi connectivity index (χ2n) is 4.26. The van der Waals surface area contributed by atoms with Crippen molar-refractivity contribution < 1.29 is 9.50 Å². The van der Waals surface area contributed by atoms with Crippen LogP contribution in [0.5, 0.6) is 0 Å². The van der Waals surface area contributed by atoms with E-state index in [1.165, 1.54) is 12.1 Å². The summed E-state index contributed by atoms with van der Waals surface area (Å²) < 4.78 is 15.3. The lowest BCUT2D eigenvalue weighted by atomic mass is 10.1. The molecule has 1 heterocycles. The maximum Gasteiger partial charge on any atom is 0.124 e. The van der Waals surface area contributed by atoms with Gasteiger partial charge < -0.3 is 5.11 Å². The van der Waals surface area contributed by atoms with E-state index in [1.807, 2.05) is 19.3 Å². The molecule has 20 heavy (non-hydrogen) atoms. The summed E-state index contributed by atoms with van der Waals surface area (Å²) in [6, 6.07) is 4.79. The first-order chi connectivity index (χ1) is 9.67. The molecule has 0 spiro atoms. The summed E-state index contributed by atoms with van der Waals surface area (Å²) in [5, 5.41) is 12.8. The fourth-order valence-electron chi connectivity index (χ4n) is 1.67. The number of rotatable bonds is 4. The zero-order valence-electron chi connectivity index (χ0n) is 11.1. The third-order valence-electron chi connectivity index (χ3n) is 2.51. The first kappa shape index (κ1) is 14.6. The molecule has 2 aromatic rings. The van der Waals surface area contributed by atoms with Crippen molar-refractivity contribution in [1.29, 1.82) is 0 Å². The van der Waals surface area contributed by atoms with Gasteiger partial charge in [0.15, 0.2) is 0 Å². The van der Waals surface area contributed by atoms with Crippen molar-refractivity contribution in [3.8, 4) is 11.8 Å². The topological polar surface area (TPSA) is 38.0 Å². The van der Waals surface area contributed by atoms with Gasteiger partial charge in [0.25, 0.3) is 0 Å². The molecule has 0 fully saturated rings. The van der Waals surface area contributed by atoms with Crippen molar-refractivity contribution in [2.45, 2.75) is 17.1 Å². The molecular formula is C15H15FN2OS. The highest BCUT2D eigenvalue weighted by Crippen LogP contribution is 2.22. The Balaban J connectivity index is 2.06. The van der Waals surface area contributed by atoms with Gasteiger partial charge in [-0.15, -0.1) is 11.8 Å². The number of halogens is 1. The van der Waals surface area contributed by atoms with Crippen LogP contribution in [-0.2, 0) is 12.8 Å². The molecule has 0 atom stereocenters. The van der Waals surface area contributed by atoms with Crippen molar-refractivity contribution in [3.05, 3.63) is 47.5 Å². The number of nitrogens with zero attached hydrogens (tertiary/aromatic N) is 2. The zero-order chi connectivity index (χ0) is 14.4. The Morgan fingerprint density at radius 2 is 2.25 bits per heavy atom. The summed E-state index contributed by atoms with van der Waals surface area (Å²) in [6.45, 7) is 0.0199. The molecule has 0 bridgehead atoms. The van der Waals surface area contributed by atoms with Gasteiger partial charge in [-0.1, -0.05) is 11.8 Å². The van der Waals surface area contributed by atoms with E-state index in [0.717, 1.165) is 10.5 Å². The zero-order valence-corrected chi connectivity index (χ0v) is 12.0. The minimum atomic E-state index is -0.289. The Kier molecular flexibility index (Phi) is 5.22. The van der Waals surface area contributed by atoms with Crippen LogP contribution in [0.1, 0.15) is 17.5 Å². The minimum Gasteiger partial charge on any atom is -0.395 e. The summed E-state index contributed by atoms with van der Waals surface area (Å²) in [7, 11) is 1.86. The lowest BCUT2D eigenvalue weighted by Crippen LogP contribution is -1.87. The van der Waals surface area contributed by atoms with Crippen molar-refractivity contribution in [3.63, 3.8) is 0 Å². The first-order valence-electron chi connectivity index (χ1n) is 6.18. The number of thioether (sulfide) groups is 1. The van der Waals surface area contributed by atoms with Crippen LogP contribution >= 0.6 is 11.8 Å². The summed E-state index contributed by atoms with van der Waals surface area (Å²) in [4.78, 5) is 1.05. The molecule has 0 unspecified atom stereocenters. The largest absolute Gasteiger partial charge is 0.395 e. The molecule has 3 nitrogen and oxygen atoms in total. The van der Waals surface area contributed by atoms with E-state index < -0.39 is 0 Å². The molecule has 0 radical (unpaired) electrons. The Morgan fingerprint density at radius 3 is 2.95 bits per heavy atom. The van der Waals surface area contributed by atoms with E-state index in [9.17, 15) is 4.39 Å². The van der Waals surface area contributed by atoms with Crippen molar-refractivity contribution >= 4 is 11.8 Å². The van der Waals surface area contributed by atoms with Gasteiger partial charge in [0.2, 0.25) is 0 Å². The van der Waals surface area contributed by atoms with Crippen LogP contribution in [0, 0.1) is 17.7 Å². The number of hydrogen-bond acceptors (Lipinski definition) is 3. The van der Waals surface area contributed by atoms with Crippen LogP contribution in [0.4, 0.5) is 4.39 Å². The van der Waals surface area contributed by atoms with Crippen molar-refractivity contribution in [1.82, 2.24) is 9.78 Å². The number of aliphatic hydroxyl groups is 1. The average Bonchev–Trinajstić information content (AvgIpc) is 2.82. The van der Waals surface area contributed by atoms with E-state index in [1.54, 1.807) is 22.6 Å². The molecule has 104 valence electrons. The lowest BCUT2D eigenvalue weighted by molar-refractivity contribution is 0.305. The highest BCUT2D eigenvalue weighted by molar-refractivity contribution is 7.98. The van der Waals surface area contributed by atoms with Crippen LogP contribution in [-0.4, -0.2) is 21.5 Å². The maximum absolute atomic E-state index is 13.5. The third-order valence-corrected chi connectivity index (χ3v) is 3.54. The Morgan fingerprint density at radius 1 is 1.40 bits per heavy atom. The standard InChI is InChI=1S/C15H15FN2OS/c1-18-10-15(9-17-18)20-11-13-6-12(4-2-3-5-19)7-14(16)8-13/h6-10,19H,3,5,11H2,1H3. The molecule has 1 N–H and O–H groups in total. The van der Waals surface area contributed by atoms with Gasteiger partial charge in [-0.3, -0.25) is 4.68 Å². The van der Waals surface area contributed by atoms with Crippen LogP contribution in [0.2, 0.25) is 0 Å². The Hall–Kier alpha value is -1.77. The Labute approximate surface area is 121 Å². The second-order valence-corrected chi connectivity index (χ2v) is 5.31. The molecule has 0 saturated heterocycles. The molecule has 1 aromatic carbocycles. The summed E-state index contributed by atoms with van der Waals surface area (Å²) >= 11 is 1.60. The van der Waals surface area contributed by atoms with Crippen LogP contribution < -0.4 is 0 Å². The number of hydrogen-bond donors (Lipinski definition) is 1. The van der Waals surface area contributed by atoms with Gasteiger partial charge in [0, 0.05) is 35.9 Å². The van der Waals surface area contributed by atoms with Crippen LogP contribution in [0.25, 0.3) is 0 Å². The van der Waals surface area contributed by atoms with E-state index in [-0.39, 0.29) is 12.4 Å². The minimum absolute atomic E-state index is 0.0199. The molecule has 0 aliphatic carbocycles. The van der Waals surface area contributed by atoms with Gasteiger partial charge in [-0.05, 0) is 23.8 Å². The fourth-order valence-corrected chi connectivity index (χ4v) is 2.52. The van der Waals surface area contributed by atoms with Gasteiger partial charge in [-0.25, -0.2) is 4.39 Å². The third kappa shape index (κ3) is 4.41. The molecule has 0 saturated carbocycles. The monoisotopic (exact) mass is 290 g/mol. The molecule has 1 aromatic heterocycles. The van der Waals surface area contributed by atoms with E-state index in [2.05, 4.69) is 16.9 Å². The van der Waals surface area contributed by atoms with Gasteiger partial charge in [0.05, 0.1) is 12.8 Å². The normalized spacial score (nSPS) is 10.2. The maximum atomic E-state index is 13.5. The van der Waals surface area contributed by atoms with E-state index >= 15 is 0 Å². The van der Waals surface area contributed by atoms with Crippen molar-refractivity contribution in [2.24, 2.45) is 7.05 Å². The molecule has 0 aliphatic heterocycles. The number of benzene rings is 1. The smallest absolute Gasteiger partial charge is 0.124 e. The van der Waals surface area contributed by atoms with Gasteiger partial charge in [0.1, 0.15) is 5.82 Å². The van der Waals surface area contributed by atoms with Crippen LogP contribution in [0.15, 0.2) is 35.5 Å². The van der Waals surface area contributed by atoms with Gasteiger partial charge in [-0.2, -0.15) is 5.10 Å². The number of aliphatic hydroxyl groups excluding tert-OH is 1. The average molecular weight is 290 g/mol. The highest BCUT2D eigenvalue weighted by atomic mass is 32.2. The predicted octanol–water partition coefficient (Wildman–Crippen LogP) is 2.59. The number of aromatic nitrogens is 2. The summed E-state index contributed by atoms with van der Waals surface area (Å²) in [5.74, 6) is 6.03.